The van der Waals surface area contributed by atoms with E-state index in [4.69, 9.17) is 4.74 Å². The molecule has 4 heteroatoms. The van der Waals surface area contributed by atoms with Crippen LogP contribution in [-0.2, 0) is 13.0 Å². The van der Waals surface area contributed by atoms with Crippen molar-refractivity contribution in [3.8, 4) is 11.6 Å². The highest BCUT2D eigenvalue weighted by Gasteiger charge is 2.04. The van der Waals surface area contributed by atoms with E-state index < -0.39 is 0 Å². The van der Waals surface area contributed by atoms with E-state index in [0.29, 0.717) is 11.6 Å². The minimum absolute atomic E-state index is 0.00956. The quantitative estimate of drug-likeness (QED) is 0.936. The van der Waals surface area contributed by atoms with Crippen LogP contribution in [0, 0.1) is 0 Å². The monoisotopic (exact) mass is 307 g/mol. The molecule has 1 N–H and O–H groups in total. The number of halogens is 1. The number of aliphatic hydroxyl groups is 1. The van der Waals surface area contributed by atoms with Crippen LogP contribution in [0.3, 0.4) is 0 Å². The first-order chi connectivity index (χ1) is 8.71. The number of nitrogens with zero attached hydrogens (tertiary/aromatic N) is 1. The summed E-state index contributed by atoms with van der Waals surface area (Å²) in [6.07, 6.45) is 0.808. The van der Waals surface area contributed by atoms with Gasteiger partial charge >= 0.3 is 0 Å². The molecule has 3 nitrogen and oxygen atoms in total. The normalized spacial score (nSPS) is 10.4. The van der Waals surface area contributed by atoms with Crippen molar-refractivity contribution in [2.75, 3.05) is 0 Å². The first-order valence-corrected chi connectivity index (χ1v) is 6.54. The average Bonchev–Trinajstić information content (AvgIpc) is 2.38. The molecule has 0 unspecified atom stereocenters. The summed E-state index contributed by atoms with van der Waals surface area (Å²) in [7, 11) is 0. The molecule has 0 saturated carbocycles. The van der Waals surface area contributed by atoms with E-state index in [2.05, 4.69) is 20.9 Å². The molecule has 0 fully saturated rings. The van der Waals surface area contributed by atoms with Crippen molar-refractivity contribution in [1.82, 2.24) is 4.98 Å². The van der Waals surface area contributed by atoms with E-state index in [0.717, 1.165) is 22.2 Å². The van der Waals surface area contributed by atoms with Crippen LogP contribution in [0.1, 0.15) is 18.2 Å². The molecule has 1 aromatic carbocycles. The molecule has 0 saturated heterocycles. The number of hydrogen-bond donors (Lipinski definition) is 1. The van der Waals surface area contributed by atoms with Crippen molar-refractivity contribution in [3.63, 3.8) is 0 Å². The zero-order valence-corrected chi connectivity index (χ0v) is 11.6. The summed E-state index contributed by atoms with van der Waals surface area (Å²) >= 11 is 3.39. The maximum atomic E-state index is 9.20. The zero-order valence-electron chi connectivity index (χ0n) is 10.1. The first kappa shape index (κ1) is 13.1. The van der Waals surface area contributed by atoms with Crippen LogP contribution >= 0.6 is 15.9 Å². The van der Waals surface area contributed by atoms with Crippen LogP contribution in [0.2, 0.25) is 0 Å². The summed E-state index contributed by atoms with van der Waals surface area (Å²) in [6, 6.07) is 11.2. The molecule has 1 aromatic heterocycles. The van der Waals surface area contributed by atoms with Gasteiger partial charge in [-0.15, -0.1) is 0 Å². The molecule has 0 aliphatic heterocycles. The van der Waals surface area contributed by atoms with Gasteiger partial charge in [0.1, 0.15) is 5.75 Å². The van der Waals surface area contributed by atoms with E-state index >= 15 is 0 Å². The molecule has 2 aromatic rings. The van der Waals surface area contributed by atoms with Gasteiger partial charge in [0.2, 0.25) is 5.88 Å². The summed E-state index contributed by atoms with van der Waals surface area (Å²) in [6.45, 7) is 2.01. The maximum absolute atomic E-state index is 9.20. The molecule has 0 radical (unpaired) electrons. The second-order valence-corrected chi connectivity index (χ2v) is 4.79. The topological polar surface area (TPSA) is 42.4 Å². The predicted molar refractivity (Wildman–Crippen MR) is 73.8 cm³/mol. The lowest BCUT2D eigenvalue weighted by molar-refractivity contribution is 0.281. The van der Waals surface area contributed by atoms with Crippen LogP contribution in [0.25, 0.3) is 0 Å². The van der Waals surface area contributed by atoms with Gasteiger partial charge in [0.15, 0.2) is 0 Å². The Morgan fingerprint density at radius 1 is 1.28 bits per heavy atom. The van der Waals surface area contributed by atoms with E-state index in [1.165, 1.54) is 0 Å². The van der Waals surface area contributed by atoms with Crippen molar-refractivity contribution in [3.05, 3.63) is 52.1 Å². The van der Waals surface area contributed by atoms with Gasteiger partial charge in [-0.2, -0.15) is 0 Å². The number of rotatable bonds is 4. The highest BCUT2D eigenvalue weighted by atomic mass is 79.9. The fourth-order valence-corrected chi connectivity index (χ4v) is 1.97. The van der Waals surface area contributed by atoms with E-state index in [-0.39, 0.29) is 6.61 Å². The maximum Gasteiger partial charge on any atom is 0.219 e. The SMILES string of the molecule is CCc1cc(CO)cc(Oc2cccc(Br)c2)n1. The van der Waals surface area contributed by atoms with E-state index in [1.54, 1.807) is 6.07 Å². The van der Waals surface area contributed by atoms with Gasteiger partial charge in [-0.25, -0.2) is 4.98 Å². The fraction of sp³-hybridized carbons (Fsp3) is 0.214. The molecule has 0 aliphatic carbocycles. The van der Waals surface area contributed by atoms with Crippen molar-refractivity contribution >= 4 is 15.9 Å². The summed E-state index contributed by atoms with van der Waals surface area (Å²) in [5.74, 6) is 1.23. The number of aromatic nitrogens is 1. The number of pyridine rings is 1. The summed E-state index contributed by atoms with van der Waals surface area (Å²) in [5, 5.41) is 9.20. The van der Waals surface area contributed by atoms with E-state index in [1.807, 2.05) is 37.3 Å². The predicted octanol–water partition coefficient (Wildman–Crippen LogP) is 3.69. The lowest BCUT2D eigenvalue weighted by Crippen LogP contribution is -1.96. The molecule has 0 atom stereocenters. The van der Waals surface area contributed by atoms with Crippen LogP contribution in [-0.4, -0.2) is 10.1 Å². The number of ether oxygens (including phenoxy) is 1. The Morgan fingerprint density at radius 2 is 2.11 bits per heavy atom. The number of aliphatic hydroxyl groups excluding tert-OH is 1. The molecule has 94 valence electrons. The smallest absolute Gasteiger partial charge is 0.219 e. The number of hydrogen-bond acceptors (Lipinski definition) is 3. The van der Waals surface area contributed by atoms with Crippen molar-refractivity contribution in [1.29, 1.82) is 0 Å². The van der Waals surface area contributed by atoms with Crippen LogP contribution in [0.4, 0.5) is 0 Å². The Balaban J connectivity index is 2.28. The molecule has 18 heavy (non-hydrogen) atoms. The Bertz CT molecular complexity index is 521. The highest BCUT2D eigenvalue weighted by molar-refractivity contribution is 9.10. The molecule has 2 rings (SSSR count). The summed E-state index contributed by atoms with van der Waals surface area (Å²) in [5.41, 5.74) is 1.72. The van der Waals surface area contributed by atoms with Gasteiger partial charge in [0, 0.05) is 16.2 Å². The molecule has 0 spiro atoms. The first-order valence-electron chi connectivity index (χ1n) is 5.75. The lowest BCUT2D eigenvalue weighted by Gasteiger charge is -2.08. The van der Waals surface area contributed by atoms with Gasteiger partial charge in [0.25, 0.3) is 0 Å². The van der Waals surface area contributed by atoms with Crippen LogP contribution < -0.4 is 4.74 Å². The van der Waals surface area contributed by atoms with Gasteiger partial charge < -0.3 is 9.84 Å². The zero-order chi connectivity index (χ0) is 13.0. The summed E-state index contributed by atoms with van der Waals surface area (Å²) in [4.78, 5) is 4.38. The third-order valence-electron chi connectivity index (χ3n) is 2.48. The van der Waals surface area contributed by atoms with Crippen LogP contribution in [0.15, 0.2) is 40.9 Å². The lowest BCUT2D eigenvalue weighted by atomic mass is 10.2. The van der Waals surface area contributed by atoms with Gasteiger partial charge in [0.05, 0.1) is 6.61 Å². The largest absolute Gasteiger partial charge is 0.439 e. The highest BCUT2D eigenvalue weighted by Crippen LogP contribution is 2.24. The standard InChI is InChI=1S/C14H14BrNO2/c1-2-12-6-10(9-17)7-14(16-12)18-13-5-3-4-11(15)8-13/h3-8,17H,2,9H2,1H3. The molecule has 0 aliphatic rings. The Hall–Kier alpha value is -1.39. The molecule has 1 heterocycles. The van der Waals surface area contributed by atoms with Gasteiger partial charge in [-0.05, 0) is 36.2 Å². The van der Waals surface area contributed by atoms with Gasteiger partial charge in [-0.1, -0.05) is 28.9 Å². The molecule has 0 bridgehead atoms. The van der Waals surface area contributed by atoms with E-state index in [9.17, 15) is 5.11 Å². The Morgan fingerprint density at radius 3 is 2.78 bits per heavy atom. The van der Waals surface area contributed by atoms with Crippen molar-refractivity contribution < 1.29 is 9.84 Å². The van der Waals surface area contributed by atoms with Crippen molar-refractivity contribution in [2.45, 2.75) is 20.0 Å². The number of benzene rings is 1. The summed E-state index contributed by atoms with van der Waals surface area (Å²) < 4.78 is 6.64. The Labute approximate surface area is 115 Å². The fourth-order valence-electron chi connectivity index (χ4n) is 1.60. The third-order valence-corrected chi connectivity index (χ3v) is 2.97. The molecular weight excluding hydrogens is 294 g/mol. The van der Waals surface area contributed by atoms with Gasteiger partial charge in [-0.3, -0.25) is 0 Å². The minimum Gasteiger partial charge on any atom is -0.439 e. The van der Waals surface area contributed by atoms with Crippen LogP contribution in [0.5, 0.6) is 11.6 Å². The third kappa shape index (κ3) is 3.31. The minimum atomic E-state index is -0.00956. The Kier molecular flexibility index (Phi) is 4.33. The second-order valence-electron chi connectivity index (χ2n) is 3.88. The second kappa shape index (κ2) is 5.98. The molecule has 0 amide bonds. The number of aryl methyl sites for hydroxylation is 1. The van der Waals surface area contributed by atoms with Crippen molar-refractivity contribution in [2.24, 2.45) is 0 Å². The molecular formula is C14H14BrNO2. The average molecular weight is 308 g/mol.